The summed E-state index contributed by atoms with van der Waals surface area (Å²) in [5.41, 5.74) is 0.960. The molecule has 2 aromatic rings. The van der Waals surface area contributed by atoms with Crippen LogP contribution in [0.25, 0.3) is 10.9 Å². The van der Waals surface area contributed by atoms with Gasteiger partial charge in [-0.15, -0.1) is 0 Å². The second kappa shape index (κ2) is 3.44. The molecule has 0 amide bonds. The lowest BCUT2D eigenvalue weighted by Crippen LogP contribution is -1.98. The summed E-state index contributed by atoms with van der Waals surface area (Å²) in [6, 6.07) is 2.31. The van der Waals surface area contributed by atoms with E-state index in [0.29, 0.717) is 16.2 Å². The van der Waals surface area contributed by atoms with Crippen LogP contribution in [0.2, 0.25) is 10.2 Å². The van der Waals surface area contributed by atoms with Gasteiger partial charge in [-0.3, -0.25) is 0 Å². The molecule has 0 fully saturated rings. The summed E-state index contributed by atoms with van der Waals surface area (Å²) in [6.45, 7) is 4.20. The van der Waals surface area contributed by atoms with Gasteiger partial charge in [0.1, 0.15) is 5.15 Å². The number of nitrogens with zero attached hydrogens (tertiary/aromatic N) is 2. The highest BCUT2D eigenvalue weighted by molar-refractivity contribution is 6.38. The molecule has 2 rings (SSSR count). The molecule has 0 bridgehead atoms. The zero-order valence-corrected chi connectivity index (χ0v) is 9.47. The molecule has 2 nitrogen and oxygen atoms in total. The van der Waals surface area contributed by atoms with Crippen molar-refractivity contribution in [2.24, 2.45) is 0 Å². The lowest BCUT2D eigenvalue weighted by molar-refractivity contribution is 0.623. The summed E-state index contributed by atoms with van der Waals surface area (Å²) in [6.07, 6.45) is 3.57. The van der Waals surface area contributed by atoms with E-state index < -0.39 is 0 Å². The van der Waals surface area contributed by atoms with Gasteiger partial charge < -0.3 is 4.57 Å². The van der Waals surface area contributed by atoms with Gasteiger partial charge in [-0.05, 0) is 19.9 Å². The monoisotopic (exact) mass is 228 g/mol. The van der Waals surface area contributed by atoms with Gasteiger partial charge in [0.25, 0.3) is 0 Å². The van der Waals surface area contributed by atoms with Crippen molar-refractivity contribution in [1.29, 1.82) is 0 Å². The molecule has 2 heterocycles. The molecule has 4 heteroatoms. The van der Waals surface area contributed by atoms with Crippen molar-refractivity contribution in [3.05, 3.63) is 28.6 Å². The molecule has 0 saturated carbocycles. The fourth-order valence-corrected chi connectivity index (χ4v) is 1.99. The maximum Gasteiger partial charge on any atom is 0.138 e. The molecular weight excluding hydrogens is 219 g/mol. The third-order valence-electron chi connectivity index (χ3n) is 2.21. The fourth-order valence-electron chi connectivity index (χ4n) is 1.54. The predicted molar refractivity (Wildman–Crippen MR) is 60.1 cm³/mol. The third-order valence-corrected chi connectivity index (χ3v) is 2.79. The van der Waals surface area contributed by atoms with Gasteiger partial charge in [-0.25, -0.2) is 4.98 Å². The molecule has 0 atom stereocenters. The van der Waals surface area contributed by atoms with E-state index in [1.54, 1.807) is 6.20 Å². The highest BCUT2D eigenvalue weighted by Crippen LogP contribution is 2.30. The van der Waals surface area contributed by atoms with Crippen LogP contribution in [0.3, 0.4) is 0 Å². The number of rotatable bonds is 1. The first-order chi connectivity index (χ1) is 6.61. The average molecular weight is 229 g/mol. The van der Waals surface area contributed by atoms with Crippen molar-refractivity contribution in [3.8, 4) is 0 Å². The Morgan fingerprint density at radius 3 is 2.71 bits per heavy atom. The van der Waals surface area contributed by atoms with E-state index in [1.807, 2.05) is 12.3 Å². The first kappa shape index (κ1) is 9.81. The molecule has 74 valence electrons. The summed E-state index contributed by atoms with van der Waals surface area (Å²) in [5, 5.41) is 2.06. The van der Waals surface area contributed by atoms with Crippen LogP contribution in [0.1, 0.15) is 19.9 Å². The van der Waals surface area contributed by atoms with E-state index in [0.717, 1.165) is 10.9 Å². The van der Waals surface area contributed by atoms with Gasteiger partial charge >= 0.3 is 0 Å². The standard InChI is InChI=1S/C10H10Cl2N2/c1-6(2)14-4-3-7-9(14)8(11)5-13-10(7)12/h3-6H,1-2H3. The van der Waals surface area contributed by atoms with Crippen LogP contribution < -0.4 is 0 Å². The molecule has 0 saturated heterocycles. The Morgan fingerprint density at radius 1 is 1.36 bits per heavy atom. The molecule has 0 aliphatic heterocycles. The van der Waals surface area contributed by atoms with Crippen LogP contribution in [0, 0.1) is 0 Å². The lowest BCUT2D eigenvalue weighted by atomic mass is 10.3. The Labute approximate surface area is 92.5 Å². The Kier molecular flexibility index (Phi) is 2.41. The van der Waals surface area contributed by atoms with E-state index in [-0.39, 0.29) is 0 Å². The van der Waals surface area contributed by atoms with E-state index >= 15 is 0 Å². The second-order valence-electron chi connectivity index (χ2n) is 3.48. The van der Waals surface area contributed by atoms with Crippen molar-refractivity contribution >= 4 is 34.1 Å². The predicted octanol–water partition coefficient (Wildman–Crippen LogP) is 3.92. The van der Waals surface area contributed by atoms with Gasteiger partial charge in [0.2, 0.25) is 0 Å². The van der Waals surface area contributed by atoms with E-state index in [9.17, 15) is 0 Å². The Hall–Kier alpha value is -0.730. The van der Waals surface area contributed by atoms with E-state index in [2.05, 4.69) is 23.4 Å². The third kappa shape index (κ3) is 1.39. The first-order valence-corrected chi connectivity index (χ1v) is 5.17. The Bertz CT molecular complexity index is 474. The molecule has 0 unspecified atom stereocenters. The maximum absolute atomic E-state index is 6.08. The summed E-state index contributed by atoms with van der Waals surface area (Å²) >= 11 is 12.0. The molecule has 0 aliphatic carbocycles. The van der Waals surface area contributed by atoms with Crippen LogP contribution in [-0.2, 0) is 0 Å². The number of aromatic nitrogens is 2. The molecule has 0 radical (unpaired) electrons. The van der Waals surface area contributed by atoms with Crippen molar-refractivity contribution in [3.63, 3.8) is 0 Å². The zero-order valence-electron chi connectivity index (χ0n) is 7.96. The van der Waals surface area contributed by atoms with Crippen molar-refractivity contribution in [1.82, 2.24) is 9.55 Å². The average Bonchev–Trinajstić information content (AvgIpc) is 2.56. The zero-order chi connectivity index (χ0) is 10.3. The van der Waals surface area contributed by atoms with Crippen molar-refractivity contribution < 1.29 is 0 Å². The minimum atomic E-state index is 0.364. The highest BCUT2D eigenvalue weighted by Gasteiger charge is 2.10. The minimum absolute atomic E-state index is 0.364. The number of hydrogen-bond acceptors (Lipinski definition) is 1. The SMILES string of the molecule is CC(C)n1ccc2c(Cl)ncc(Cl)c21. The molecule has 14 heavy (non-hydrogen) atoms. The number of pyridine rings is 1. The molecule has 0 aromatic carbocycles. The summed E-state index contributed by atoms with van der Waals surface area (Å²) < 4.78 is 2.09. The Morgan fingerprint density at radius 2 is 2.07 bits per heavy atom. The van der Waals surface area contributed by atoms with Gasteiger partial charge in [-0.1, -0.05) is 23.2 Å². The first-order valence-electron chi connectivity index (χ1n) is 4.42. The molecule has 0 N–H and O–H groups in total. The van der Waals surface area contributed by atoms with Gasteiger partial charge in [0.15, 0.2) is 0 Å². The van der Waals surface area contributed by atoms with Crippen LogP contribution in [0.5, 0.6) is 0 Å². The maximum atomic E-state index is 6.08. The molecule has 2 aromatic heterocycles. The second-order valence-corrected chi connectivity index (χ2v) is 4.24. The van der Waals surface area contributed by atoms with Crippen molar-refractivity contribution in [2.45, 2.75) is 19.9 Å². The largest absolute Gasteiger partial charge is 0.344 e. The number of fused-ring (bicyclic) bond motifs is 1. The van der Waals surface area contributed by atoms with Crippen LogP contribution in [-0.4, -0.2) is 9.55 Å². The minimum Gasteiger partial charge on any atom is -0.344 e. The van der Waals surface area contributed by atoms with Crippen LogP contribution >= 0.6 is 23.2 Å². The smallest absolute Gasteiger partial charge is 0.138 e. The quantitative estimate of drug-likeness (QED) is 0.677. The number of hydrogen-bond donors (Lipinski definition) is 0. The highest BCUT2D eigenvalue weighted by atomic mass is 35.5. The van der Waals surface area contributed by atoms with Gasteiger partial charge in [0.05, 0.1) is 10.5 Å². The van der Waals surface area contributed by atoms with Crippen molar-refractivity contribution in [2.75, 3.05) is 0 Å². The van der Waals surface area contributed by atoms with Gasteiger partial charge in [-0.2, -0.15) is 0 Å². The van der Waals surface area contributed by atoms with E-state index in [1.165, 1.54) is 0 Å². The normalized spacial score (nSPS) is 11.5. The van der Waals surface area contributed by atoms with Crippen LogP contribution in [0.4, 0.5) is 0 Å². The Balaban J connectivity index is 2.84. The summed E-state index contributed by atoms with van der Waals surface area (Å²) in [7, 11) is 0. The van der Waals surface area contributed by atoms with Crippen LogP contribution in [0.15, 0.2) is 18.5 Å². The van der Waals surface area contributed by atoms with E-state index in [4.69, 9.17) is 23.2 Å². The topological polar surface area (TPSA) is 17.8 Å². The lowest BCUT2D eigenvalue weighted by Gasteiger charge is -2.10. The van der Waals surface area contributed by atoms with Gasteiger partial charge in [0, 0.05) is 23.8 Å². The number of halogens is 2. The molecule has 0 aliphatic rings. The fraction of sp³-hybridized carbons (Fsp3) is 0.300. The molecular formula is C10H10Cl2N2. The molecule has 0 spiro atoms. The summed E-state index contributed by atoms with van der Waals surface area (Å²) in [4.78, 5) is 4.00. The summed E-state index contributed by atoms with van der Waals surface area (Å²) in [5.74, 6) is 0.